The minimum Gasteiger partial charge on any atom is -1.00 e. The van der Waals surface area contributed by atoms with Crippen LogP contribution in [0.3, 0.4) is 0 Å². The van der Waals surface area contributed by atoms with E-state index in [4.69, 9.17) is 11.6 Å². The van der Waals surface area contributed by atoms with Gasteiger partial charge in [0.15, 0.2) is 0 Å². The van der Waals surface area contributed by atoms with Gasteiger partial charge in [-0.3, -0.25) is 9.79 Å². The van der Waals surface area contributed by atoms with Crippen LogP contribution in [0.4, 0.5) is 5.69 Å². The number of carboxylic acid groups (broad SMARTS) is 1. The minimum absolute atomic E-state index is 0. The number of carboxylic acids is 1. The molecule has 2 aromatic carbocycles. The number of aliphatic imine (C=N–C) groups is 1. The number of hydrogen-bond donors (Lipinski definition) is 2. The van der Waals surface area contributed by atoms with E-state index in [0.29, 0.717) is 27.5 Å². The summed E-state index contributed by atoms with van der Waals surface area (Å²) in [5, 5.41) is 12.3. The summed E-state index contributed by atoms with van der Waals surface area (Å²) in [7, 11) is 0. The number of hydrogen-bond acceptors (Lipinski definition) is 4. The predicted molar refractivity (Wildman–Crippen MR) is 86.6 cm³/mol. The van der Waals surface area contributed by atoms with E-state index in [1.807, 2.05) is 18.2 Å². The van der Waals surface area contributed by atoms with E-state index in [-0.39, 0.29) is 132 Å². The Labute approximate surface area is 257 Å². The topological polar surface area (TPSA) is 109 Å². The molecule has 3 rings (SSSR count). The second-order valence-corrected chi connectivity index (χ2v) is 5.20. The normalized spacial score (nSPS) is 14.4. The van der Waals surface area contributed by atoms with Crippen LogP contribution in [-0.2, 0) is 32.0 Å². The summed E-state index contributed by atoms with van der Waals surface area (Å²) in [6.45, 7) is 0. The molecule has 1 unspecified atom stereocenters. The summed E-state index contributed by atoms with van der Waals surface area (Å²) in [6, 6.07) is 12.5. The Hall–Kier alpha value is 1.31. The molecule has 0 aromatic heterocycles. The van der Waals surface area contributed by atoms with Crippen LogP contribution in [0.2, 0.25) is 5.02 Å². The molecule has 26 heavy (non-hydrogen) atoms. The molecule has 1 aliphatic heterocycles. The molecule has 1 amide bonds. The number of nitrogens with one attached hydrogen (secondary N) is 1. The van der Waals surface area contributed by atoms with Crippen molar-refractivity contribution in [2.24, 2.45) is 4.99 Å². The van der Waals surface area contributed by atoms with Gasteiger partial charge in [0.25, 0.3) is 5.91 Å². The van der Waals surface area contributed by atoms with E-state index in [0.717, 1.165) is 0 Å². The maximum Gasteiger partial charge on any atom is 1.00 e. The van der Waals surface area contributed by atoms with E-state index >= 15 is 0 Å². The van der Waals surface area contributed by atoms with Gasteiger partial charge in [0.2, 0.25) is 6.04 Å². The van der Waals surface area contributed by atoms with Crippen molar-refractivity contribution in [2.45, 2.75) is 6.04 Å². The largest absolute Gasteiger partial charge is 1.00 e. The Kier molecular flexibility index (Phi) is 15.3. The third-order valence-corrected chi connectivity index (χ3v) is 3.52. The van der Waals surface area contributed by atoms with Crippen LogP contribution in [-0.4, -0.2) is 34.2 Å². The molecule has 0 fully saturated rings. The van der Waals surface area contributed by atoms with Gasteiger partial charge in [0.1, 0.15) is 0 Å². The minimum atomic E-state index is -1.50. The van der Waals surface area contributed by atoms with E-state index < -0.39 is 17.9 Å². The van der Waals surface area contributed by atoms with Gasteiger partial charge in [-0.1, -0.05) is 41.9 Å². The van der Waals surface area contributed by atoms with E-state index in [2.05, 4.69) is 10.3 Å². The maximum atomic E-state index is 12.0. The van der Waals surface area contributed by atoms with Gasteiger partial charge < -0.3 is 17.3 Å². The zero-order valence-corrected chi connectivity index (χ0v) is 22.5. The molecule has 6 nitrogen and oxygen atoms in total. The van der Waals surface area contributed by atoms with Crippen molar-refractivity contribution < 1.29 is 147 Å². The molecule has 1 heterocycles. The zero-order chi connectivity index (χ0) is 15.7. The average Bonchev–Trinajstić information content (AvgIpc) is 2.64. The molecule has 0 saturated heterocycles. The summed E-state index contributed by atoms with van der Waals surface area (Å²) in [5.41, 5.74) is 2.22. The Bertz CT molecular complexity index is 812. The van der Waals surface area contributed by atoms with Crippen molar-refractivity contribution >= 4 is 34.9 Å². The number of nitrogens with zero attached hydrogens (tertiary/aromatic N) is 1. The maximum absolute atomic E-state index is 12.0. The Morgan fingerprint density at radius 1 is 1.15 bits per heavy atom. The quantitative estimate of drug-likeness (QED) is 0.318. The molecule has 0 bridgehead atoms. The standard InChI is InChI=1S/C16H11ClN2O3.Ag.2K.H2O.H/c17-10-6-7-12-11(8-10)13(9-4-2-1-3-5-9)19-14(16(21)22)15(20)18-12;;;;;/h1-8,14H,(H,18,20)(H,21,22);;;;1H2;/q;;2*+1;;-1/p-1. The molecular weight excluding hydrogens is 506 g/mol. The molecular formula is C16H13AgClK2N2O4. The number of fused-ring (bicyclic) bond motifs is 1. The zero-order valence-electron chi connectivity index (χ0n) is 15.0. The molecule has 0 spiro atoms. The van der Waals surface area contributed by atoms with Gasteiger partial charge in [-0.2, -0.15) is 0 Å². The van der Waals surface area contributed by atoms with E-state index in [9.17, 15) is 14.7 Å². The second kappa shape index (κ2) is 13.5. The molecule has 3 N–H and O–H groups in total. The van der Waals surface area contributed by atoms with Crippen LogP contribution in [0, 0.1) is 0 Å². The number of benzodiazepines with no additional fused rings is 1. The number of halogens is 1. The molecule has 0 aliphatic carbocycles. The first kappa shape index (κ1) is 29.5. The third-order valence-electron chi connectivity index (χ3n) is 3.28. The summed E-state index contributed by atoms with van der Waals surface area (Å²) in [5.74, 6) is -1.98. The van der Waals surface area contributed by atoms with Crippen LogP contribution < -0.4 is 108 Å². The summed E-state index contributed by atoms with van der Waals surface area (Å²) < 4.78 is 0. The first-order valence-electron chi connectivity index (χ1n) is 6.53. The molecule has 0 saturated carbocycles. The van der Waals surface area contributed by atoms with Crippen molar-refractivity contribution in [1.82, 2.24) is 0 Å². The van der Waals surface area contributed by atoms with Gasteiger partial charge in [-0.25, -0.2) is 4.79 Å². The predicted octanol–water partition coefficient (Wildman–Crippen LogP) is -3.48. The fourth-order valence-corrected chi connectivity index (χ4v) is 2.45. The number of amides is 1. The molecule has 1 radical (unpaired) electrons. The van der Waals surface area contributed by atoms with Crippen molar-refractivity contribution in [3.8, 4) is 0 Å². The number of carbonyl (C=O) groups is 2. The average molecular weight is 519 g/mol. The number of anilines is 1. The van der Waals surface area contributed by atoms with Crippen molar-refractivity contribution in [1.29, 1.82) is 0 Å². The number of aliphatic carboxylic acids is 1. The van der Waals surface area contributed by atoms with Crippen LogP contribution in [0.25, 0.3) is 0 Å². The van der Waals surface area contributed by atoms with Crippen LogP contribution >= 0.6 is 11.6 Å². The SMILES string of the molecule is O=C(O)C1N=C(c2ccccc2)c2cc(Cl)ccc2NC1=O.[Ag].[H-].[K+].[K+].[OH-]. The Morgan fingerprint density at radius 3 is 2.35 bits per heavy atom. The smallest absolute Gasteiger partial charge is 1.00 e. The Balaban J connectivity index is -0.00000115. The number of carbonyl (C=O) groups excluding carboxylic acids is 1. The van der Waals surface area contributed by atoms with Crippen molar-refractivity contribution in [3.05, 3.63) is 64.7 Å². The van der Waals surface area contributed by atoms with Crippen LogP contribution in [0.1, 0.15) is 12.6 Å². The van der Waals surface area contributed by atoms with Crippen molar-refractivity contribution in [2.75, 3.05) is 5.32 Å². The molecule has 10 heteroatoms. The fourth-order valence-electron chi connectivity index (χ4n) is 2.27. The van der Waals surface area contributed by atoms with Crippen LogP contribution in [0.15, 0.2) is 53.5 Å². The van der Waals surface area contributed by atoms with Gasteiger partial charge >= 0.3 is 109 Å². The molecule has 1 atom stereocenters. The first-order valence-corrected chi connectivity index (χ1v) is 6.91. The van der Waals surface area contributed by atoms with Gasteiger partial charge in [-0.05, 0) is 18.2 Å². The molecule has 1 aliphatic rings. The monoisotopic (exact) mass is 517 g/mol. The van der Waals surface area contributed by atoms with Crippen molar-refractivity contribution in [3.63, 3.8) is 0 Å². The second-order valence-electron chi connectivity index (χ2n) is 4.76. The Morgan fingerprint density at radius 2 is 1.77 bits per heavy atom. The third kappa shape index (κ3) is 6.98. The number of benzene rings is 2. The molecule has 2 aromatic rings. The fraction of sp³-hybridized carbons (Fsp3) is 0.0625. The van der Waals surface area contributed by atoms with E-state index in [1.165, 1.54) is 0 Å². The summed E-state index contributed by atoms with van der Waals surface area (Å²) in [4.78, 5) is 27.5. The van der Waals surface area contributed by atoms with Gasteiger partial charge in [0.05, 0.1) is 11.4 Å². The van der Waals surface area contributed by atoms with Crippen LogP contribution in [0.5, 0.6) is 0 Å². The summed E-state index contributed by atoms with van der Waals surface area (Å²) >= 11 is 6.03. The van der Waals surface area contributed by atoms with E-state index in [1.54, 1.807) is 30.3 Å². The van der Waals surface area contributed by atoms with Gasteiger partial charge in [0, 0.05) is 38.5 Å². The molecule has 131 valence electrons. The first-order chi connectivity index (χ1) is 10.6. The summed E-state index contributed by atoms with van der Waals surface area (Å²) in [6.07, 6.45) is 0. The van der Waals surface area contributed by atoms with Gasteiger partial charge in [-0.15, -0.1) is 0 Å². The number of rotatable bonds is 2.